The summed E-state index contributed by atoms with van der Waals surface area (Å²) in [5.41, 5.74) is 3.80. The third kappa shape index (κ3) is 10.6. The molecule has 0 N–H and O–H groups in total. The molecular weight excluding hydrogens is 526 g/mol. The summed E-state index contributed by atoms with van der Waals surface area (Å²) in [6, 6.07) is 31.0. The van der Waals surface area contributed by atoms with Crippen LogP contribution in [0.15, 0.2) is 97.1 Å². The normalized spacial score (nSPS) is 10.7. The van der Waals surface area contributed by atoms with Crippen LogP contribution in [0.5, 0.6) is 17.5 Å². The lowest BCUT2D eigenvalue weighted by Crippen LogP contribution is -2.07. The lowest BCUT2D eigenvalue weighted by atomic mass is 10.1. The first kappa shape index (κ1) is 30.6. The van der Waals surface area contributed by atoms with E-state index in [1.165, 1.54) is 32.1 Å². The lowest BCUT2D eigenvalue weighted by Gasteiger charge is -2.14. The van der Waals surface area contributed by atoms with Gasteiger partial charge in [0.05, 0.1) is 6.42 Å². The van der Waals surface area contributed by atoms with E-state index in [1.54, 1.807) is 12.1 Å². The zero-order valence-corrected chi connectivity index (χ0v) is 24.5. The van der Waals surface area contributed by atoms with Gasteiger partial charge in [0.2, 0.25) is 11.8 Å². The Morgan fingerprint density at radius 1 is 0.643 bits per heavy atom. The second kappa shape index (κ2) is 17.5. The number of pyridine rings is 1. The van der Waals surface area contributed by atoms with E-state index in [9.17, 15) is 4.79 Å². The molecule has 0 unspecified atom stereocenters. The van der Waals surface area contributed by atoms with Crippen LogP contribution in [0.3, 0.4) is 0 Å². The third-order valence-corrected chi connectivity index (χ3v) is 6.91. The van der Waals surface area contributed by atoms with Crippen molar-refractivity contribution in [3.63, 3.8) is 0 Å². The number of unbranched alkanes of at least 4 members (excludes halogenated alkanes) is 7. The molecule has 42 heavy (non-hydrogen) atoms. The average molecular weight is 568 g/mol. The van der Waals surface area contributed by atoms with Gasteiger partial charge in [0.25, 0.3) is 0 Å². The van der Waals surface area contributed by atoms with Crippen LogP contribution in [-0.2, 0) is 22.9 Å². The largest absolute Gasteiger partial charge is 0.473 e. The number of carbonyl (C=O) groups is 1. The number of benzene rings is 3. The monoisotopic (exact) mass is 567 g/mol. The molecule has 1 heterocycles. The van der Waals surface area contributed by atoms with Gasteiger partial charge in [-0.2, -0.15) is 4.98 Å². The molecule has 0 saturated heterocycles. The van der Waals surface area contributed by atoms with Crippen LogP contribution in [0.2, 0.25) is 0 Å². The predicted octanol–water partition coefficient (Wildman–Crippen LogP) is 9.27. The van der Waals surface area contributed by atoms with Gasteiger partial charge in [-0.1, -0.05) is 125 Å². The Bertz CT molecular complexity index is 1330. The van der Waals surface area contributed by atoms with E-state index in [0.29, 0.717) is 37.1 Å². The van der Waals surface area contributed by atoms with Crippen molar-refractivity contribution in [2.45, 2.75) is 77.9 Å². The standard InChI is InChI=1S/C36H41NO5/c1-2-3-4-5-6-7-8-15-20-35(38)42-41-32-23-21-31(22-24-32)33-25-26-34(39-27-29-16-11-9-12-17-29)37-36(33)40-28-30-18-13-10-14-19-30/h9-14,16-19,21-26H,2-8,15,20,27-28H2,1H3. The van der Waals surface area contributed by atoms with Crippen molar-refractivity contribution in [2.24, 2.45) is 0 Å². The molecule has 6 heteroatoms. The van der Waals surface area contributed by atoms with Crippen molar-refractivity contribution >= 4 is 5.97 Å². The first-order chi connectivity index (χ1) is 20.7. The van der Waals surface area contributed by atoms with Gasteiger partial charge in [-0.05, 0) is 41.3 Å². The average Bonchev–Trinajstić information content (AvgIpc) is 3.04. The van der Waals surface area contributed by atoms with E-state index < -0.39 is 0 Å². The van der Waals surface area contributed by atoms with Gasteiger partial charge in [-0.15, -0.1) is 0 Å². The molecule has 0 aliphatic heterocycles. The highest BCUT2D eigenvalue weighted by Crippen LogP contribution is 2.32. The molecular formula is C36H41NO5. The van der Waals surface area contributed by atoms with Gasteiger partial charge in [-0.25, -0.2) is 4.79 Å². The molecule has 0 fully saturated rings. The van der Waals surface area contributed by atoms with E-state index >= 15 is 0 Å². The molecule has 220 valence electrons. The molecule has 0 aliphatic carbocycles. The Labute approximate surface area is 249 Å². The Morgan fingerprint density at radius 3 is 1.88 bits per heavy atom. The minimum absolute atomic E-state index is 0.350. The Balaban J connectivity index is 1.32. The van der Waals surface area contributed by atoms with Gasteiger partial charge < -0.3 is 9.47 Å². The van der Waals surface area contributed by atoms with Crippen LogP contribution >= 0.6 is 0 Å². The number of ether oxygens (including phenoxy) is 2. The summed E-state index contributed by atoms with van der Waals surface area (Å²) in [5, 5.41) is 0. The first-order valence-electron chi connectivity index (χ1n) is 15.0. The number of hydrogen-bond acceptors (Lipinski definition) is 6. The fourth-order valence-corrected chi connectivity index (χ4v) is 4.52. The lowest BCUT2D eigenvalue weighted by molar-refractivity contribution is -0.213. The summed E-state index contributed by atoms with van der Waals surface area (Å²) in [6.07, 6.45) is 9.75. The van der Waals surface area contributed by atoms with Crippen LogP contribution in [0.1, 0.15) is 75.8 Å². The van der Waals surface area contributed by atoms with Crippen molar-refractivity contribution < 1.29 is 24.0 Å². The summed E-state index contributed by atoms with van der Waals surface area (Å²) < 4.78 is 12.1. The minimum atomic E-state index is -0.350. The predicted molar refractivity (Wildman–Crippen MR) is 165 cm³/mol. The Hall–Kier alpha value is -4.32. The van der Waals surface area contributed by atoms with Crippen LogP contribution in [0, 0.1) is 0 Å². The van der Waals surface area contributed by atoms with Crippen LogP contribution in [0.25, 0.3) is 11.1 Å². The van der Waals surface area contributed by atoms with E-state index in [1.807, 2.05) is 84.9 Å². The number of carbonyl (C=O) groups excluding carboxylic acids is 1. The molecule has 0 saturated carbocycles. The smallest absolute Gasteiger partial charge is 0.355 e. The number of aromatic nitrogens is 1. The second-order valence-electron chi connectivity index (χ2n) is 10.3. The van der Waals surface area contributed by atoms with Crippen LogP contribution in [0.4, 0.5) is 0 Å². The summed E-state index contributed by atoms with van der Waals surface area (Å²) >= 11 is 0. The second-order valence-corrected chi connectivity index (χ2v) is 10.3. The van der Waals surface area contributed by atoms with E-state index in [0.717, 1.165) is 41.5 Å². The highest BCUT2D eigenvalue weighted by Gasteiger charge is 2.13. The molecule has 4 aromatic rings. The van der Waals surface area contributed by atoms with Crippen molar-refractivity contribution in [3.05, 3.63) is 108 Å². The van der Waals surface area contributed by atoms with E-state index in [4.69, 9.17) is 19.2 Å². The van der Waals surface area contributed by atoms with Crippen LogP contribution < -0.4 is 14.4 Å². The maximum absolute atomic E-state index is 12.1. The molecule has 0 amide bonds. The molecule has 0 atom stereocenters. The minimum Gasteiger partial charge on any atom is -0.473 e. The van der Waals surface area contributed by atoms with Crippen molar-refractivity contribution in [3.8, 4) is 28.6 Å². The van der Waals surface area contributed by atoms with Gasteiger partial charge in [0.15, 0.2) is 5.75 Å². The number of rotatable bonds is 18. The van der Waals surface area contributed by atoms with Crippen LogP contribution in [-0.4, -0.2) is 11.0 Å². The fraction of sp³-hybridized carbons (Fsp3) is 0.333. The summed E-state index contributed by atoms with van der Waals surface area (Å²) in [4.78, 5) is 27.1. The maximum Gasteiger partial charge on any atom is 0.355 e. The van der Waals surface area contributed by atoms with Gasteiger partial charge in [-0.3, -0.25) is 9.78 Å². The number of hydrogen-bond donors (Lipinski definition) is 0. The summed E-state index contributed by atoms with van der Waals surface area (Å²) in [7, 11) is 0. The molecule has 4 rings (SSSR count). The van der Waals surface area contributed by atoms with Gasteiger partial charge in [0.1, 0.15) is 13.2 Å². The molecule has 0 aliphatic rings. The van der Waals surface area contributed by atoms with Crippen molar-refractivity contribution in [1.29, 1.82) is 0 Å². The molecule has 0 radical (unpaired) electrons. The molecule has 6 nitrogen and oxygen atoms in total. The maximum atomic E-state index is 12.1. The van der Waals surface area contributed by atoms with Crippen molar-refractivity contribution in [2.75, 3.05) is 0 Å². The van der Waals surface area contributed by atoms with E-state index in [-0.39, 0.29) is 5.97 Å². The highest BCUT2D eigenvalue weighted by atomic mass is 17.2. The fourth-order valence-electron chi connectivity index (χ4n) is 4.52. The quantitative estimate of drug-likeness (QED) is 0.0678. The summed E-state index contributed by atoms with van der Waals surface area (Å²) in [5.74, 6) is 1.05. The van der Waals surface area contributed by atoms with Gasteiger partial charge >= 0.3 is 5.97 Å². The molecule has 0 spiro atoms. The molecule has 3 aromatic carbocycles. The topological polar surface area (TPSA) is 66.9 Å². The SMILES string of the molecule is CCCCCCCCCCC(=O)OOc1ccc(-c2ccc(OCc3ccccc3)nc2OCc2ccccc2)cc1. The highest BCUT2D eigenvalue weighted by molar-refractivity contribution is 5.70. The Kier molecular flexibility index (Phi) is 12.8. The zero-order chi connectivity index (χ0) is 29.2. The molecule has 1 aromatic heterocycles. The molecule has 0 bridgehead atoms. The van der Waals surface area contributed by atoms with Gasteiger partial charge in [0, 0.05) is 11.6 Å². The first-order valence-corrected chi connectivity index (χ1v) is 15.0. The third-order valence-electron chi connectivity index (χ3n) is 6.91. The Morgan fingerprint density at radius 2 is 1.24 bits per heavy atom. The van der Waals surface area contributed by atoms with E-state index in [2.05, 4.69) is 11.9 Å². The number of nitrogens with zero attached hydrogens (tertiary/aromatic N) is 1. The zero-order valence-electron chi connectivity index (χ0n) is 24.5. The van der Waals surface area contributed by atoms with Crippen molar-refractivity contribution in [1.82, 2.24) is 4.98 Å². The summed E-state index contributed by atoms with van der Waals surface area (Å²) in [6.45, 7) is 3.01.